The maximum Gasteiger partial charge on any atom is 0.161 e. The highest BCUT2D eigenvalue weighted by Gasteiger charge is 2.10. The highest BCUT2D eigenvalue weighted by Crippen LogP contribution is 2.29. The second-order valence-electron chi connectivity index (χ2n) is 6.20. The van der Waals surface area contributed by atoms with Gasteiger partial charge in [-0.15, -0.1) is 0 Å². The molecule has 2 rings (SSSR count). The van der Waals surface area contributed by atoms with Gasteiger partial charge in [-0.3, -0.25) is 0 Å². The third-order valence-corrected chi connectivity index (χ3v) is 4.14. The molecule has 0 amide bonds. The molecule has 0 saturated heterocycles. The summed E-state index contributed by atoms with van der Waals surface area (Å²) in [6, 6.07) is 11.4. The number of hydrogen-bond acceptors (Lipinski definition) is 6. The number of rotatable bonds is 11. The molecule has 0 aromatic heterocycles. The number of benzene rings is 2. The largest absolute Gasteiger partial charge is 0.493 e. The molecule has 1 atom stereocenters. The van der Waals surface area contributed by atoms with Crippen LogP contribution in [0.5, 0.6) is 23.0 Å². The van der Waals surface area contributed by atoms with Gasteiger partial charge in [0.05, 0.1) is 21.3 Å². The topological polar surface area (TPSA) is 69.2 Å². The predicted octanol–water partition coefficient (Wildman–Crippen LogP) is 3.28. The van der Waals surface area contributed by atoms with Crippen LogP contribution in [0.3, 0.4) is 0 Å². The van der Waals surface area contributed by atoms with Gasteiger partial charge in [0.2, 0.25) is 0 Å². The molecule has 6 heteroatoms. The number of nitrogens with one attached hydrogen (secondary N) is 1. The molecule has 2 N–H and O–H groups in total. The molecule has 0 heterocycles. The van der Waals surface area contributed by atoms with Crippen molar-refractivity contribution in [2.24, 2.45) is 0 Å². The van der Waals surface area contributed by atoms with E-state index in [0.717, 1.165) is 11.1 Å². The number of methoxy groups -OCH3 is 3. The Hall–Kier alpha value is -2.70. The van der Waals surface area contributed by atoms with Crippen LogP contribution in [-0.2, 0) is 6.54 Å². The first-order chi connectivity index (χ1) is 13.6. The van der Waals surface area contributed by atoms with Crippen molar-refractivity contribution in [1.29, 1.82) is 0 Å². The van der Waals surface area contributed by atoms with Gasteiger partial charge < -0.3 is 29.4 Å². The number of aliphatic hydroxyl groups is 1. The van der Waals surface area contributed by atoms with Crippen LogP contribution in [0.2, 0.25) is 0 Å². The lowest BCUT2D eigenvalue weighted by Gasteiger charge is -2.16. The van der Waals surface area contributed by atoms with Crippen molar-refractivity contribution in [3.05, 3.63) is 53.6 Å². The lowest BCUT2D eigenvalue weighted by Crippen LogP contribution is -2.31. The molecule has 6 nitrogen and oxygen atoms in total. The first-order valence-corrected chi connectivity index (χ1v) is 9.14. The van der Waals surface area contributed by atoms with Gasteiger partial charge in [-0.1, -0.05) is 24.3 Å². The van der Waals surface area contributed by atoms with Crippen molar-refractivity contribution in [2.45, 2.75) is 19.6 Å². The highest BCUT2D eigenvalue weighted by atomic mass is 16.5. The van der Waals surface area contributed by atoms with Crippen LogP contribution < -0.4 is 24.3 Å². The van der Waals surface area contributed by atoms with Gasteiger partial charge in [-0.05, 0) is 42.3 Å². The molecule has 2 aromatic rings. The summed E-state index contributed by atoms with van der Waals surface area (Å²) in [6.45, 7) is 3.12. The van der Waals surface area contributed by atoms with Gasteiger partial charge in [0, 0.05) is 13.1 Å². The van der Waals surface area contributed by atoms with Crippen molar-refractivity contribution in [3.63, 3.8) is 0 Å². The molecule has 0 bridgehead atoms. The zero-order valence-electron chi connectivity index (χ0n) is 16.9. The van der Waals surface area contributed by atoms with Crippen LogP contribution in [0.4, 0.5) is 0 Å². The average molecular weight is 387 g/mol. The lowest BCUT2D eigenvalue weighted by molar-refractivity contribution is 0.104. The third-order valence-electron chi connectivity index (χ3n) is 4.14. The number of hydrogen-bond donors (Lipinski definition) is 2. The highest BCUT2D eigenvalue weighted by molar-refractivity contribution is 5.55. The van der Waals surface area contributed by atoms with Crippen molar-refractivity contribution < 1.29 is 24.1 Å². The molecule has 0 spiro atoms. The van der Waals surface area contributed by atoms with Crippen LogP contribution in [0.25, 0.3) is 6.08 Å². The van der Waals surface area contributed by atoms with E-state index in [0.29, 0.717) is 36.1 Å². The Balaban J connectivity index is 1.82. The van der Waals surface area contributed by atoms with Crippen LogP contribution >= 0.6 is 0 Å². The summed E-state index contributed by atoms with van der Waals surface area (Å²) in [5.41, 5.74) is 2.07. The first kappa shape index (κ1) is 21.6. The summed E-state index contributed by atoms with van der Waals surface area (Å²) in [7, 11) is 4.81. The van der Waals surface area contributed by atoms with E-state index in [4.69, 9.17) is 18.9 Å². The van der Waals surface area contributed by atoms with Crippen molar-refractivity contribution >= 4 is 6.08 Å². The van der Waals surface area contributed by atoms with Gasteiger partial charge in [0.25, 0.3) is 0 Å². The predicted molar refractivity (Wildman–Crippen MR) is 110 cm³/mol. The Kier molecular flexibility index (Phi) is 8.65. The van der Waals surface area contributed by atoms with Crippen molar-refractivity contribution in [2.75, 3.05) is 34.5 Å². The van der Waals surface area contributed by atoms with Gasteiger partial charge in [-0.25, -0.2) is 0 Å². The molecule has 0 unspecified atom stereocenters. The Labute approximate surface area is 166 Å². The second kappa shape index (κ2) is 11.2. The fourth-order valence-corrected chi connectivity index (χ4v) is 2.72. The van der Waals surface area contributed by atoms with E-state index in [2.05, 4.69) is 5.32 Å². The standard InChI is InChI=1S/C22H29NO5/c1-5-6-16-7-10-20(22(11-16)27-4)28-15-18(24)14-23-13-17-8-9-19(25-2)21(12-17)26-3/h5-12,18,23-24H,13-15H2,1-4H3/b6-5+/t18-/m1/s1. The molecule has 0 fully saturated rings. The number of ether oxygens (including phenoxy) is 4. The van der Waals surface area contributed by atoms with E-state index in [1.165, 1.54) is 0 Å². The Morgan fingerprint density at radius 3 is 2.29 bits per heavy atom. The summed E-state index contributed by atoms with van der Waals surface area (Å²) < 4.78 is 21.6. The summed E-state index contributed by atoms with van der Waals surface area (Å²) in [4.78, 5) is 0. The number of aliphatic hydroxyl groups excluding tert-OH is 1. The summed E-state index contributed by atoms with van der Waals surface area (Å²) in [5.74, 6) is 2.61. The van der Waals surface area contributed by atoms with Crippen LogP contribution in [0.15, 0.2) is 42.5 Å². The van der Waals surface area contributed by atoms with E-state index in [-0.39, 0.29) is 6.61 Å². The third kappa shape index (κ3) is 6.18. The van der Waals surface area contributed by atoms with E-state index >= 15 is 0 Å². The molecule has 0 saturated carbocycles. The molecule has 0 aliphatic rings. The monoisotopic (exact) mass is 387 g/mol. The minimum Gasteiger partial charge on any atom is -0.493 e. The molecular weight excluding hydrogens is 358 g/mol. The summed E-state index contributed by atoms with van der Waals surface area (Å²) in [6.07, 6.45) is 3.29. The van der Waals surface area contributed by atoms with Gasteiger partial charge in [0.15, 0.2) is 23.0 Å². The van der Waals surface area contributed by atoms with Crippen molar-refractivity contribution in [1.82, 2.24) is 5.32 Å². The Morgan fingerprint density at radius 1 is 0.929 bits per heavy atom. The minimum absolute atomic E-state index is 0.165. The van der Waals surface area contributed by atoms with Gasteiger partial charge in [-0.2, -0.15) is 0 Å². The zero-order valence-corrected chi connectivity index (χ0v) is 16.9. The van der Waals surface area contributed by atoms with E-state index in [1.807, 2.05) is 55.5 Å². The van der Waals surface area contributed by atoms with E-state index < -0.39 is 6.10 Å². The molecule has 2 aromatic carbocycles. The van der Waals surface area contributed by atoms with Crippen LogP contribution in [-0.4, -0.2) is 45.7 Å². The van der Waals surface area contributed by atoms with Gasteiger partial charge >= 0.3 is 0 Å². The zero-order chi connectivity index (χ0) is 20.4. The molecule has 28 heavy (non-hydrogen) atoms. The first-order valence-electron chi connectivity index (χ1n) is 9.14. The minimum atomic E-state index is -0.653. The molecular formula is C22H29NO5. The maximum atomic E-state index is 10.2. The summed E-state index contributed by atoms with van der Waals surface area (Å²) in [5, 5.41) is 13.4. The smallest absolute Gasteiger partial charge is 0.161 e. The quantitative estimate of drug-likeness (QED) is 0.617. The second-order valence-corrected chi connectivity index (χ2v) is 6.20. The number of allylic oxidation sites excluding steroid dienone is 1. The normalized spacial score (nSPS) is 12.0. The SMILES string of the molecule is C/C=C/c1ccc(OC[C@H](O)CNCc2ccc(OC)c(OC)c2)c(OC)c1. The molecule has 0 aliphatic heterocycles. The maximum absolute atomic E-state index is 10.2. The average Bonchev–Trinajstić information content (AvgIpc) is 2.72. The van der Waals surface area contributed by atoms with Crippen molar-refractivity contribution in [3.8, 4) is 23.0 Å². The fraction of sp³-hybridized carbons (Fsp3) is 0.364. The molecule has 0 radical (unpaired) electrons. The van der Waals surface area contributed by atoms with Gasteiger partial charge in [0.1, 0.15) is 12.7 Å². The van der Waals surface area contributed by atoms with Crippen LogP contribution in [0, 0.1) is 0 Å². The Bertz CT molecular complexity index is 776. The molecule has 152 valence electrons. The fourth-order valence-electron chi connectivity index (χ4n) is 2.72. The summed E-state index contributed by atoms with van der Waals surface area (Å²) >= 11 is 0. The van der Waals surface area contributed by atoms with E-state index in [1.54, 1.807) is 21.3 Å². The Morgan fingerprint density at radius 2 is 1.61 bits per heavy atom. The lowest BCUT2D eigenvalue weighted by atomic mass is 10.2. The van der Waals surface area contributed by atoms with Crippen LogP contribution in [0.1, 0.15) is 18.1 Å². The molecule has 0 aliphatic carbocycles. The van der Waals surface area contributed by atoms with E-state index in [9.17, 15) is 5.11 Å².